The summed E-state index contributed by atoms with van der Waals surface area (Å²) in [5, 5.41) is 13.7. The van der Waals surface area contributed by atoms with E-state index in [-0.39, 0.29) is 22.5 Å². The molecule has 15 heteroatoms. The average Bonchev–Trinajstić information content (AvgIpc) is 2.97. The van der Waals surface area contributed by atoms with Crippen molar-refractivity contribution in [1.29, 1.82) is 0 Å². The molecule has 2 N–H and O–H groups in total. The Morgan fingerprint density at radius 3 is 1.95 bits per heavy atom. The maximum Gasteiger partial charge on any atom is 0.422 e. The number of alkyl halides is 3. The summed E-state index contributed by atoms with van der Waals surface area (Å²) in [6, 6.07) is 18.2. The number of amides is 2. The molecular formula is C28H16F7N3O4S. The van der Waals surface area contributed by atoms with Gasteiger partial charge in [0.15, 0.2) is 23.3 Å². The van der Waals surface area contributed by atoms with E-state index in [1.165, 1.54) is 60.7 Å². The van der Waals surface area contributed by atoms with E-state index in [0.717, 1.165) is 23.9 Å². The standard InChI is InChI=1S/C28H16F7N3O4S/c29-20-19(28(33,34)35)21(30)23(32)24(22(20)31)37-27(40)25(14-5-2-1-3-6-14)43-18-8-4-7-16(13-18)36-26(39)15-9-11-17(12-10-15)38(41)42/h1-13,25H,(H,36,39)(H,37,40). The van der Waals surface area contributed by atoms with Crippen molar-refractivity contribution in [3.05, 3.63) is 129 Å². The van der Waals surface area contributed by atoms with Crippen LogP contribution in [0.4, 0.5) is 47.8 Å². The number of non-ortho nitro benzene ring substituents is 1. The zero-order chi connectivity index (χ0) is 31.5. The first-order valence-electron chi connectivity index (χ1n) is 11.9. The third-order valence-corrected chi connectivity index (χ3v) is 7.07. The zero-order valence-corrected chi connectivity index (χ0v) is 22.0. The number of carbonyl (C=O) groups excluding carboxylic acids is 2. The Morgan fingerprint density at radius 1 is 0.791 bits per heavy atom. The van der Waals surface area contributed by atoms with Crippen LogP contribution < -0.4 is 10.6 Å². The quantitative estimate of drug-likeness (QED) is 0.0684. The molecule has 0 aliphatic heterocycles. The fourth-order valence-electron chi connectivity index (χ4n) is 3.80. The van der Waals surface area contributed by atoms with Crippen LogP contribution in [0, 0.1) is 33.4 Å². The summed E-state index contributed by atoms with van der Waals surface area (Å²) in [7, 11) is 0. The Morgan fingerprint density at radius 2 is 1.40 bits per heavy atom. The molecule has 0 saturated carbocycles. The maximum atomic E-state index is 14.5. The van der Waals surface area contributed by atoms with Gasteiger partial charge in [-0.3, -0.25) is 19.7 Å². The van der Waals surface area contributed by atoms with Crippen LogP contribution in [0.1, 0.15) is 26.7 Å². The highest BCUT2D eigenvalue weighted by Crippen LogP contribution is 2.41. The molecule has 1 unspecified atom stereocenters. The van der Waals surface area contributed by atoms with Gasteiger partial charge in [-0.25, -0.2) is 17.6 Å². The van der Waals surface area contributed by atoms with E-state index in [1.807, 2.05) is 0 Å². The number of nitrogens with zero attached hydrogens (tertiary/aromatic N) is 1. The minimum Gasteiger partial charge on any atom is -0.322 e. The summed E-state index contributed by atoms with van der Waals surface area (Å²) >= 11 is 0.788. The van der Waals surface area contributed by atoms with Gasteiger partial charge in [-0.1, -0.05) is 36.4 Å². The second kappa shape index (κ2) is 12.5. The molecule has 0 spiro atoms. The molecular weight excluding hydrogens is 607 g/mol. The molecule has 43 heavy (non-hydrogen) atoms. The van der Waals surface area contributed by atoms with Crippen LogP contribution in [0.3, 0.4) is 0 Å². The van der Waals surface area contributed by atoms with Crippen molar-refractivity contribution >= 4 is 40.6 Å². The minimum atomic E-state index is -5.75. The zero-order valence-electron chi connectivity index (χ0n) is 21.2. The molecule has 0 saturated heterocycles. The molecule has 4 rings (SSSR count). The lowest BCUT2D eigenvalue weighted by atomic mass is 10.1. The number of halogens is 7. The lowest BCUT2D eigenvalue weighted by molar-refractivity contribution is -0.384. The summed E-state index contributed by atoms with van der Waals surface area (Å²) < 4.78 is 96.1. The number of nitro benzene ring substituents is 1. The fourth-order valence-corrected chi connectivity index (χ4v) is 4.88. The van der Waals surface area contributed by atoms with Gasteiger partial charge in [0.2, 0.25) is 5.91 Å². The Labute approximate surface area is 241 Å². The van der Waals surface area contributed by atoms with Crippen LogP contribution in [0.15, 0.2) is 83.8 Å². The molecule has 222 valence electrons. The van der Waals surface area contributed by atoms with Gasteiger partial charge in [-0.05, 0) is 35.9 Å². The predicted octanol–water partition coefficient (Wildman–Crippen LogP) is 7.89. The largest absolute Gasteiger partial charge is 0.422 e. The highest BCUT2D eigenvalue weighted by Gasteiger charge is 2.42. The summed E-state index contributed by atoms with van der Waals surface area (Å²) in [5.41, 5.74) is -4.16. The van der Waals surface area contributed by atoms with Gasteiger partial charge < -0.3 is 10.6 Å². The third-order valence-electron chi connectivity index (χ3n) is 5.82. The SMILES string of the molecule is O=C(Nc1cccc(SC(C(=O)Nc2c(F)c(F)c(C(F)(F)F)c(F)c2F)c2ccccc2)c1)c1ccc([N+](=O)[O-])cc1. The van der Waals surface area contributed by atoms with Crippen molar-refractivity contribution in [3.63, 3.8) is 0 Å². The first-order chi connectivity index (χ1) is 20.3. The topological polar surface area (TPSA) is 101 Å². The fraction of sp³-hybridized carbons (Fsp3) is 0.0714. The number of hydrogen-bond donors (Lipinski definition) is 2. The van der Waals surface area contributed by atoms with Gasteiger partial charge in [0.05, 0.1) is 4.92 Å². The van der Waals surface area contributed by atoms with Crippen LogP contribution in [0.5, 0.6) is 0 Å². The first kappa shape index (κ1) is 31.0. The number of nitrogens with one attached hydrogen (secondary N) is 2. The van der Waals surface area contributed by atoms with Crippen LogP contribution >= 0.6 is 11.8 Å². The second-order valence-electron chi connectivity index (χ2n) is 8.69. The molecule has 4 aromatic rings. The van der Waals surface area contributed by atoms with Crippen LogP contribution in [0.2, 0.25) is 0 Å². The summed E-state index contributed by atoms with van der Waals surface area (Å²) in [5.74, 6) is -12.2. The molecule has 0 aromatic heterocycles. The highest BCUT2D eigenvalue weighted by molar-refractivity contribution is 8.00. The molecule has 1 atom stereocenters. The Hall–Kier alpha value is -4.92. The van der Waals surface area contributed by atoms with E-state index in [4.69, 9.17) is 0 Å². The Kier molecular flexibility index (Phi) is 9.04. The number of anilines is 2. The number of benzene rings is 4. The molecule has 0 heterocycles. The van der Waals surface area contributed by atoms with E-state index < -0.39 is 62.7 Å². The summed E-state index contributed by atoms with van der Waals surface area (Å²) in [6.45, 7) is 0. The van der Waals surface area contributed by atoms with Crippen molar-refractivity contribution in [3.8, 4) is 0 Å². The molecule has 0 aliphatic carbocycles. The number of thioether (sulfide) groups is 1. The van der Waals surface area contributed by atoms with Crippen molar-refractivity contribution in [2.24, 2.45) is 0 Å². The summed E-state index contributed by atoms with van der Waals surface area (Å²) in [4.78, 5) is 36.3. The predicted molar refractivity (Wildman–Crippen MR) is 142 cm³/mol. The molecule has 0 bridgehead atoms. The van der Waals surface area contributed by atoms with Crippen molar-refractivity contribution in [2.75, 3.05) is 10.6 Å². The highest BCUT2D eigenvalue weighted by atomic mass is 32.2. The van der Waals surface area contributed by atoms with Crippen LogP contribution in [-0.2, 0) is 11.0 Å². The van der Waals surface area contributed by atoms with E-state index >= 15 is 0 Å². The van der Waals surface area contributed by atoms with Gasteiger partial charge in [0.25, 0.3) is 11.6 Å². The third kappa shape index (κ3) is 6.94. The van der Waals surface area contributed by atoms with E-state index in [0.29, 0.717) is 4.90 Å². The molecule has 4 aromatic carbocycles. The maximum absolute atomic E-state index is 14.5. The number of rotatable bonds is 8. The number of nitro groups is 1. The van der Waals surface area contributed by atoms with E-state index in [1.54, 1.807) is 11.4 Å². The van der Waals surface area contributed by atoms with Gasteiger partial charge in [-0.15, -0.1) is 11.8 Å². The monoisotopic (exact) mass is 623 g/mol. The van der Waals surface area contributed by atoms with Gasteiger partial charge in [-0.2, -0.15) is 13.2 Å². The average molecular weight is 624 g/mol. The van der Waals surface area contributed by atoms with E-state index in [2.05, 4.69) is 5.32 Å². The lowest BCUT2D eigenvalue weighted by Gasteiger charge is -2.19. The van der Waals surface area contributed by atoms with Crippen molar-refractivity contribution < 1.29 is 45.2 Å². The van der Waals surface area contributed by atoms with Crippen LogP contribution in [-0.4, -0.2) is 16.7 Å². The molecule has 7 nitrogen and oxygen atoms in total. The number of carbonyl (C=O) groups is 2. The smallest absolute Gasteiger partial charge is 0.322 e. The first-order valence-corrected chi connectivity index (χ1v) is 12.8. The second-order valence-corrected chi connectivity index (χ2v) is 9.87. The lowest BCUT2D eigenvalue weighted by Crippen LogP contribution is -2.23. The number of hydrogen-bond acceptors (Lipinski definition) is 5. The Balaban J connectivity index is 1.61. The van der Waals surface area contributed by atoms with Gasteiger partial charge in [0.1, 0.15) is 16.5 Å². The normalized spacial score (nSPS) is 12.0. The minimum absolute atomic E-state index is 0.102. The molecule has 2 amide bonds. The van der Waals surface area contributed by atoms with Gasteiger partial charge >= 0.3 is 6.18 Å². The Bertz CT molecular complexity index is 1670. The van der Waals surface area contributed by atoms with Crippen LogP contribution in [0.25, 0.3) is 0 Å². The van der Waals surface area contributed by atoms with E-state index in [9.17, 15) is 50.4 Å². The van der Waals surface area contributed by atoms with Crippen molar-refractivity contribution in [2.45, 2.75) is 16.3 Å². The van der Waals surface area contributed by atoms with Gasteiger partial charge in [0, 0.05) is 28.3 Å². The molecule has 0 fully saturated rings. The molecule has 0 aliphatic rings. The summed E-state index contributed by atoms with van der Waals surface area (Å²) in [6.07, 6.45) is -5.75. The molecule has 0 radical (unpaired) electrons. The van der Waals surface area contributed by atoms with Crippen molar-refractivity contribution in [1.82, 2.24) is 0 Å².